The van der Waals surface area contributed by atoms with Gasteiger partial charge in [-0.25, -0.2) is 0 Å². The highest BCUT2D eigenvalue weighted by Crippen LogP contribution is 2.34. The van der Waals surface area contributed by atoms with E-state index in [1.54, 1.807) is 37.3 Å². The Bertz CT molecular complexity index is 1120. The van der Waals surface area contributed by atoms with Crippen molar-refractivity contribution in [3.8, 4) is 5.75 Å². The number of rotatable bonds is 8. The quantitative estimate of drug-likeness (QED) is 0.424. The third-order valence-corrected chi connectivity index (χ3v) is 5.48. The minimum atomic E-state index is -1.28. The molecule has 1 saturated heterocycles. The van der Waals surface area contributed by atoms with Crippen molar-refractivity contribution < 1.29 is 33.8 Å². The number of ether oxygens (including phenoxy) is 2. The molecule has 32 heavy (non-hydrogen) atoms. The van der Waals surface area contributed by atoms with Gasteiger partial charge >= 0.3 is 5.97 Å². The average molecular weight is 475 g/mol. The lowest BCUT2D eigenvalue weighted by atomic mass is 10.1. The van der Waals surface area contributed by atoms with Gasteiger partial charge in [-0.3, -0.25) is 19.3 Å². The highest BCUT2D eigenvalue weighted by molar-refractivity contribution is 8.18. The smallest absolute Gasteiger partial charge is 0.326 e. The topological polar surface area (TPSA) is 113 Å². The molecule has 0 spiro atoms. The molecule has 1 fully saturated rings. The third-order valence-electron chi connectivity index (χ3n) is 4.28. The van der Waals surface area contributed by atoms with E-state index in [9.17, 15) is 24.3 Å². The summed E-state index contributed by atoms with van der Waals surface area (Å²) in [5.41, 5.74) is 1.23. The highest BCUT2D eigenvalue weighted by atomic mass is 35.5. The number of halogens is 1. The second-order valence-corrected chi connectivity index (χ2v) is 7.94. The molecule has 3 rings (SSSR count). The molecule has 0 N–H and O–H groups in total. The van der Waals surface area contributed by atoms with Gasteiger partial charge in [0.15, 0.2) is 0 Å². The number of esters is 1. The van der Waals surface area contributed by atoms with E-state index in [4.69, 9.17) is 21.1 Å². The minimum absolute atomic E-state index is 0.0458. The molecule has 2 aromatic carbocycles. The number of benzene rings is 2. The van der Waals surface area contributed by atoms with Crippen LogP contribution in [-0.2, 0) is 20.9 Å². The summed E-state index contributed by atoms with van der Waals surface area (Å²) in [6.45, 7) is 1.43. The summed E-state index contributed by atoms with van der Waals surface area (Å²) >= 11 is 6.99. The van der Waals surface area contributed by atoms with E-state index in [0.717, 1.165) is 16.7 Å². The monoisotopic (exact) mass is 474 g/mol. The fraction of sp³-hybridized carbons (Fsp3) is 0.182. The zero-order valence-corrected chi connectivity index (χ0v) is 18.4. The van der Waals surface area contributed by atoms with Crippen LogP contribution in [0.25, 0.3) is 6.08 Å². The Morgan fingerprint density at radius 2 is 1.97 bits per heavy atom. The third kappa shape index (κ3) is 5.68. The van der Waals surface area contributed by atoms with Crippen LogP contribution in [0.3, 0.4) is 0 Å². The fourth-order valence-corrected chi connectivity index (χ4v) is 3.88. The van der Waals surface area contributed by atoms with E-state index in [1.807, 2.05) is 0 Å². The molecule has 1 aliphatic heterocycles. The van der Waals surface area contributed by atoms with Crippen molar-refractivity contribution in [2.75, 3.05) is 13.2 Å². The Labute approximate surface area is 192 Å². The van der Waals surface area contributed by atoms with Gasteiger partial charge in [0.1, 0.15) is 18.9 Å². The first-order valence-electron chi connectivity index (χ1n) is 9.42. The number of thioether (sulfide) groups is 1. The number of hydrogen-bond donors (Lipinski definition) is 0. The summed E-state index contributed by atoms with van der Waals surface area (Å²) in [5, 5.41) is 10.7. The van der Waals surface area contributed by atoms with Gasteiger partial charge in [0.25, 0.3) is 11.1 Å². The van der Waals surface area contributed by atoms with Gasteiger partial charge in [-0.2, -0.15) is 0 Å². The molecule has 0 bridgehead atoms. The second-order valence-electron chi connectivity index (χ2n) is 6.54. The fourth-order valence-electron chi connectivity index (χ4n) is 2.80. The highest BCUT2D eigenvalue weighted by Gasteiger charge is 2.36. The van der Waals surface area contributed by atoms with Gasteiger partial charge in [0.05, 0.1) is 22.5 Å². The summed E-state index contributed by atoms with van der Waals surface area (Å²) in [6.07, 6.45) is 1.50. The largest absolute Gasteiger partial charge is 0.545 e. The molecular weight excluding hydrogens is 458 g/mol. The van der Waals surface area contributed by atoms with Gasteiger partial charge in [-0.1, -0.05) is 35.9 Å². The second kappa shape index (κ2) is 10.3. The van der Waals surface area contributed by atoms with Gasteiger partial charge in [0, 0.05) is 0 Å². The Balaban J connectivity index is 1.68. The van der Waals surface area contributed by atoms with Crippen LogP contribution < -0.4 is 9.84 Å². The van der Waals surface area contributed by atoms with Gasteiger partial charge < -0.3 is 19.4 Å². The summed E-state index contributed by atoms with van der Waals surface area (Å²) in [5.74, 6) is -2.16. The molecule has 0 aliphatic carbocycles. The first-order valence-corrected chi connectivity index (χ1v) is 10.6. The SMILES string of the molecule is CCOC(=O)CN1C(=O)S/C(=C/c2ccc(OCc3cccc(C(=O)[O-])c3)c(Cl)c2)C1=O. The van der Waals surface area contributed by atoms with Crippen LogP contribution in [0.15, 0.2) is 47.4 Å². The van der Waals surface area contributed by atoms with E-state index in [0.29, 0.717) is 16.9 Å². The molecule has 1 aliphatic rings. The first kappa shape index (κ1) is 23.4. The Morgan fingerprint density at radius 1 is 1.19 bits per heavy atom. The molecule has 0 aromatic heterocycles. The number of carboxylic acids is 1. The van der Waals surface area contributed by atoms with Crippen LogP contribution >= 0.6 is 23.4 Å². The summed E-state index contributed by atoms with van der Waals surface area (Å²) in [6, 6.07) is 11.0. The number of hydrogen-bond acceptors (Lipinski definition) is 8. The molecule has 0 radical (unpaired) electrons. The lowest BCUT2D eigenvalue weighted by Gasteiger charge is -2.11. The van der Waals surface area contributed by atoms with Crippen molar-refractivity contribution >= 4 is 52.5 Å². The summed E-state index contributed by atoms with van der Waals surface area (Å²) in [7, 11) is 0. The van der Waals surface area contributed by atoms with Gasteiger partial charge in [0.2, 0.25) is 0 Å². The van der Waals surface area contributed by atoms with Crippen molar-refractivity contribution in [3.05, 3.63) is 69.1 Å². The van der Waals surface area contributed by atoms with Crippen LogP contribution in [0, 0.1) is 0 Å². The Morgan fingerprint density at radius 3 is 2.66 bits per heavy atom. The number of nitrogens with zero attached hydrogens (tertiary/aromatic N) is 1. The van der Waals surface area contributed by atoms with Crippen molar-refractivity contribution in [2.24, 2.45) is 0 Å². The van der Waals surface area contributed by atoms with Gasteiger partial charge in [-0.05, 0) is 59.7 Å². The van der Waals surface area contributed by atoms with Crippen LogP contribution in [0.5, 0.6) is 5.75 Å². The lowest BCUT2D eigenvalue weighted by Crippen LogP contribution is -2.34. The van der Waals surface area contributed by atoms with E-state index >= 15 is 0 Å². The summed E-state index contributed by atoms with van der Waals surface area (Å²) in [4.78, 5) is 48.0. The number of carbonyl (C=O) groups excluding carboxylic acids is 4. The van der Waals surface area contributed by atoms with Gasteiger partial charge in [-0.15, -0.1) is 0 Å². The minimum Gasteiger partial charge on any atom is -0.545 e. The molecule has 2 aromatic rings. The maximum atomic E-state index is 12.5. The molecular formula is C22H17ClNO7S-. The number of carbonyl (C=O) groups is 4. The van der Waals surface area contributed by atoms with E-state index in [2.05, 4.69) is 0 Å². The lowest BCUT2D eigenvalue weighted by molar-refractivity contribution is -0.255. The van der Waals surface area contributed by atoms with Crippen LogP contribution in [0.2, 0.25) is 5.02 Å². The number of carboxylic acid groups (broad SMARTS) is 1. The average Bonchev–Trinajstić information content (AvgIpc) is 3.01. The molecule has 166 valence electrons. The summed E-state index contributed by atoms with van der Waals surface area (Å²) < 4.78 is 10.4. The maximum Gasteiger partial charge on any atom is 0.326 e. The molecule has 8 nitrogen and oxygen atoms in total. The first-order chi connectivity index (χ1) is 15.3. The van der Waals surface area contributed by atoms with Crippen molar-refractivity contribution in [3.63, 3.8) is 0 Å². The molecule has 0 atom stereocenters. The predicted octanol–water partition coefficient (Wildman–Crippen LogP) is 2.88. The predicted molar refractivity (Wildman–Crippen MR) is 116 cm³/mol. The standard InChI is InChI=1S/C22H18ClNO7S/c1-2-30-19(25)11-24-20(26)18(32-22(24)29)10-13-6-7-17(16(23)9-13)31-12-14-4-3-5-15(8-14)21(27)28/h3-10H,2,11-12H2,1H3,(H,27,28)/p-1/b18-10+. The Hall–Kier alpha value is -3.30. The number of aromatic carboxylic acids is 1. The van der Waals surface area contributed by atoms with Crippen LogP contribution in [0.4, 0.5) is 4.79 Å². The zero-order chi connectivity index (χ0) is 23.3. The van der Waals surface area contributed by atoms with Crippen molar-refractivity contribution in [1.82, 2.24) is 4.90 Å². The molecule has 1 heterocycles. The molecule has 2 amide bonds. The number of amides is 2. The van der Waals surface area contributed by atoms with Crippen molar-refractivity contribution in [2.45, 2.75) is 13.5 Å². The molecule has 0 saturated carbocycles. The maximum absolute atomic E-state index is 12.5. The van der Waals surface area contributed by atoms with E-state index in [1.165, 1.54) is 18.2 Å². The Kier molecular flexibility index (Phi) is 7.55. The van der Waals surface area contributed by atoms with E-state index in [-0.39, 0.29) is 28.7 Å². The molecule has 0 unspecified atom stereocenters. The van der Waals surface area contributed by atoms with Crippen molar-refractivity contribution in [1.29, 1.82) is 0 Å². The zero-order valence-electron chi connectivity index (χ0n) is 16.8. The van der Waals surface area contributed by atoms with Crippen LogP contribution in [-0.4, -0.2) is 41.1 Å². The van der Waals surface area contributed by atoms with E-state index < -0.39 is 29.6 Å². The number of imide groups is 1. The van der Waals surface area contributed by atoms with Crippen LogP contribution in [0.1, 0.15) is 28.4 Å². The molecule has 10 heteroatoms. The normalized spacial score (nSPS) is 14.7.